The van der Waals surface area contributed by atoms with Crippen LogP contribution in [0, 0.1) is 5.82 Å². The quantitative estimate of drug-likeness (QED) is 0.515. The first-order valence-corrected chi connectivity index (χ1v) is 10.4. The van der Waals surface area contributed by atoms with Gasteiger partial charge < -0.3 is 4.90 Å². The van der Waals surface area contributed by atoms with E-state index in [4.69, 9.17) is 0 Å². The first kappa shape index (κ1) is 19.0. The Morgan fingerprint density at radius 3 is 2.28 bits per heavy atom. The number of halogens is 1. The lowest BCUT2D eigenvalue weighted by Crippen LogP contribution is -2.31. The molecule has 0 aromatic heterocycles. The molecule has 0 N–H and O–H groups in total. The minimum Gasteiger partial charge on any atom is -0.309 e. The van der Waals surface area contributed by atoms with Crippen LogP contribution in [0.1, 0.15) is 33.2 Å². The van der Waals surface area contributed by atoms with Gasteiger partial charge in [-0.25, -0.2) is 12.8 Å². The largest absolute Gasteiger partial charge is 0.309 e. The highest BCUT2D eigenvalue weighted by molar-refractivity contribution is 7.91. The molecule has 1 aliphatic heterocycles. The number of fused-ring (bicyclic) bond motifs is 2. The molecule has 3 aromatic rings. The molecule has 0 saturated heterocycles. The third-order valence-electron chi connectivity index (χ3n) is 4.88. The molecule has 0 aliphatic carbocycles. The Kier molecular flexibility index (Phi) is 4.55. The van der Waals surface area contributed by atoms with Crippen LogP contribution in [0.25, 0.3) is 0 Å². The van der Waals surface area contributed by atoms with E-state index in [-0.39, 0.29) is 26.5 Å². The highest BCUT2D eigenvalue weighted by Crippen LogP contribution is 2.35. The lowest BCUT2D eigenvalue weighted by atomic mass is 10.0. The number of sulfone groups is 1. The molecule has 4 rings (SSSR count). The van der Waals surface area contributed by atoms with Crippen LogP contribution in [0.3, 0.4) is 0 Å². The maximum Gasteiger partial charge on any atom is 0.258 e. The Bertz CT molecular complexity index is 1250. The minimum atomic E-state index is -3.93. The van der Waals surface area contributed by atoms with Gasteiger partial charge in [-0.2, -0.15) is 0 Å². The van der Waals surface area contributed by atoms with Gasteiger partial charge >= 0.3 is 0 Å². The number of hydrogen-bond acceptors (Lipinski definition) is 4. The van der Waals surface area contributed by atoms with Gasteiger partial charge in [-0.3, -0.25) is 9.59 Å². The lowest BCUT2D eigenvalue weighted by Gasteiger charge is -2.23. The average molecular weight is 409 g/mol. The molecule has 1 aliphatic rings. The van der Waals surface area contributed by atoms with Crippen LogP contribution >= 0.6 is 0 Å². The molecule has 1 heterocycles. The van der Waals surface area contributed by atoms with Crippen molar-refractivity contribution in [1.82, 2.24) is 0 Å². The third kappa shape index (κ3) is 3.03. The second-order valence-corrected chi connectivity index (χ2v) is 8.45. The van der Waals surface area contributed by atoms with Gasteiger partial charge in [-0.05, 0) is 61.5 Å². The number of carbonyl (C=O) groups is 2. The zero-order valence-corrected chi connectivity index (χ0v) is 16.2. The van der Waals surface area contributed by atoms with E-state index in [0.29, 0.717) is 12.2 Å². The van der Waals surface area contributed by atoms with Gasteiger partial charge in [0, 0.05) is 28.9 Å². The molecule has 0 atom stereocenters. The van der Waals surface area contributed by atoms with E-state index in [9.17, 15) is 22.4 Å². The molecule has 3 aromatic carbocycles. The minimum absolute atomic E-state index is 0.0464. The summed E-state index contributed by atoms with van der Waals surface area (Å²) >= 11 is 0. The van der Waals surface area contributed by atoms with Crippen molar-refractivity contribution in [2.45, 2.75) is 16.7 Å². The van der Waals surface area contributed by atoms with E-state index >= 15 is 0 Å². The SMILES string of the molecule is CCN(C(=O)c1ccc2c(c1)S(=O)(=O)c1ccccc1C2=O)c1ccc(F)cc1. The summed E-state index contributed by atoms with van der Waals surface area (Å²) in [6.45, 7) is 2.06. The Morgan fingerprint density at radius 1 is 0.931 bits per heavy atom. The molecule has 0 fully saturated rings. The van der Waals surface area contributed by atoms with Crippen molar-refractivity contribution in [3.8, 4) is 0 Å². The number of ketones is 1. The monoisotopic (exact) mass is 409 g/mol. The molecule has 0 unspecified atom stereocenters. The molecular formula is C22H16FNO4S. The maximum absolute atomic E-state index is 13.2. The summed E-state index contributed by atoms with van der Waals surface area (Å²) in [7, 11) is -3.93. The number of amides is 1. The molecule has 7 heteroatoms. The fraction of sp³-hybridized carbons (Fsp3) is 0.0909. The van der Waals surface area contributed by atoms with E-state index in [1.54, 1.807) is 19.1 Å². The van der Waals surface area contributed by atoms with E-state index in [1.807, 2.05) is 0 Å². The van der Waals surface area contributed by atoms with Gasteiger partial charge in [-0.15, -0.1) is 0 Å². The molecule has 5 nitrogen and oxygen atoms in total. The first-order chi connectivity index (χ1) is 13.8. The molecular weight excluding hydrogens is 393 g/mol. The fourth-order valence-electron chi connectivity index (χ4n) is 3.44. The number of hydrogen-bond donors (Lipinski definition) is 0. The van der Waals surface area contributed by atoms with E-state index < -0.39 is 27.3 Å². The number of rotatable bonds is 3. The van der Waals surface area contributed by atoms with Crippen molar-refractivity contribution in [2.24, 2.45) is 0 Å². The van der Waals surface area contributed by atoms with Crippen LogP contribution < -0.4 is 4.90 Å². The van der Waals surface area contributed by atoms with Crippen molar-refractivity contribution in [3.63, 3.8) is 0 Å². The van der Waals surface area contributed by atoms with Crippen molar-refractivity contribution in [2.75, 3.05) is 11.4 Å². The topological polar surface area (TPSA) is 71.5 Å². The third-order valence-corrected chi connectivity index (χ3v) is 6.74. The van der Waals surface area contributed by atoms with Crippen LogP contribution in [-0.2, 0) is 9.84 Å². The average Bonchev–Trinajstić information content (AvgIpc) is 2.74. The van der Waals surface area contributed by atoms with Crippen LogP contribution in [0.15, 0.2) is 76.5 Å². The molecule has 29 heavy (non-hydrogen) atoms. The molecule has 0 bridgehead atoms. The van der Waals surface area contributed by atoms with Crippen LogP contribution in [0.5, 0.6) is 0 Å². The molecule has 1 amide bonds. The highest BCUT2D eigenvalue weighted by atomic mass is 32.2. The van der Waals surface area contributed by atoms with Crippen LogP contribution in [0.4, 0.5) is 10.1 Å². The van der Waals surface area contributed by atoms with Gasteiger partial charge in [0.15, 0.2) is 5.78 Å². The number of nitrogens with zero attached hydrogens (tertiary/aromatic N) is 1. The van der Waals surface area contributed by atoms with Gasteiger partial charge in [0.05, 0.1) is 9.79 Å². The second-order valence-electron chi connectivity index (χ2n) is 6.57. The summed E-state index contributed by atoms with van der Waals surface area (Å²) in [5.74, 6) is -1.26. The second kappa shape index (κ2) is 6.93. The van der Waals surface area contributed by atoms with Crippen molar-refractivity contribution >= 4 is 27.2 Å². The molecule has 146 valence electrons. The summed E-state index contributed by atoms with van der Waals surface area (Å²) in [6, 6.07) is 15.5. The summed E-state index contributed by atoms with van der Waals surface area (Å²) < 4.78 is 39.3. The van der Waals surface area contributed by atoms with Gasteiger partial charge in [-0.1, -0.05) is 12.1 Å². The standard InChI is InChI=1S/C22H16FNO4S/c1-2-24(16-10-8-15(23)9-11-16)22(26)14-7-12-18-20(13-14)29(27,28)19-6-4-3-5-17(19)21(18)25/h3-13H,2H2,1H3. The van der Waals surface area contributed by atoms with E-state index in [2.05, 4.69) is 0 Å². The number of anilines is 1. The van der Waals surface area contributed by atoms with Crippen molar-refractivity contribution in [3.05, 3.63) is 89.2 Å². The lowest BCUT2D eigenvalue weighted by molar-refractivity contribution is 0.0984. The molecule has 0 saturated carbocycles. The number of carbonyl (C=O) groups excluding carboxylic acids is 2. The molecule has 0 radical (unpaired) electrons. The Labute approximate surface area is 167 Å². The first-order valence-electron chi connectivity index (χ1n) is 8.95. The molecule has 0 spiro atoms. The van der Waals surface area contributed by atoms with E-state index in [1.165, 1.54) is 59.5 Å². The normalized spacial score (nSPS) is 14.1. The maximum atomic E-state index is 13.2. The van der Waals surface area contributed by atoms with E-state index in [0.717, 1.165) is 0 Å². The summed E-state index contributed by atoms with van der Waals surface area (Å²) in [6.07, 6.45) is 0. The van der Waals surface area contributed by atoms with Crippen LogP contribution in [0.2, 0.25) is 0 Å². The predicted molar refractivity (Wildman–Crippen MR) is 106 cm³/mol. The Hall–Kier alpha value is -3.32. The zero-order valence-electron chi connectivity index (χ0n) is 15.4. The summed E-state index contributed by atoms with van der Waals surface area (Å²) in [5.41, 5.74) is 0.789. The Balaban J connectivity index is 1.80. The van der Waals surface area contributed by atoms with Crippen molar-refractivity contribution in [1.29, 1.82) is 0 Å². The van der Waals surface area contributed by atoms with Crippen LogP contribution in [-0.4, -0.2) is 26.7 Å². The smallest absolute Gasteiger partial charge is 0.258 e. The Morgan fingerprint density at radius 2 is 1.59 bits per heavy atom. The predicted octanol–water partition coefficient (Wildman–Crippen LogP) is 3.87. The fourth-order valence-corrected chi connectivity index (χ4v) is 5.11. The zero-order chi connectivity index (χ0) is 20.8. The highest BCUT2D eigenvalue weighted by Gasteiger charge is 2.35. The number of benzene rings is 3. The van der Waals surface area contributed by atoms with Crippen molar-refractivity contribution < 1.29 is 22.4 Å². The van der Waals surface area contributed by atoms with Gasteiger partial charge in [0.2, 0.25) is 9.84 Å². The van der Waals surface area contributed by atoms with Gasteiger partial charge in [0.25, 0.3) is 5.91 Å². The summed E-state index contributed by atoms with van der Waals surface area (Å²) in [5, 5.41) is 0. The van der Waals surface area contributed by atoms with Gasteiger partial charge in [0.1, 0.15) is 5.82 Å². The summed E-state index contributed by atoms with van der Waals surface area (Å²) in [4.78, 5) is 26.9.